The smallest absolute Gasteiger partial charge is 0.0236 e. The standard InChI is InChI=1S/C17H30N2/c1-6-18-11-16-8-7-9-17(10-16)13-19(15(4)5)12-14(2)3/h7-10,14-15,18H,6,11-13H2,1-5H3. The molecule has 2 nitrogen and oxygen atoms in total. The number of benzene rings is 1. The fraction of sp³-hybridized carbons (Fsp3) is 0.647. The van der Waals surface area contributed by atoms with Gasteiger partial charge < -0.3 is 5.32 Å². The molecule has 1 N–H and O–H groups in total. The first-order valence-corrected chi connectivity index (χ1v) is 7.55. The van der Waals surface area contributed by atoms with Gasteiger partial charge in [-0.1, -0.05) is 45.0 Å². The molecule has 0 aliphatic heterocycles. The maximum Gasteiger partial charge on any atom is 0.0236 e. The van der Waals surface area contributed by atoms with Crippen molar-refractivity contribution in [2.24, 2.45) is 5.92 Å². The van der Waals surface area contributed by atoms with E-state index in [0.717, 1.165) is 26.2 Å². The summed E-state index contributed by atoms with van der Waals surface area (Å²) in [6, 6.07) is 9.55. The minimum absolute atomic E-state index is 0.597. The summed E-state index contributed by atoms with van der Waals surface area (Å²) in [7, 11) is 0. The molecule has 1 rings (SSSR count). The molecule has 1 aromatic carbocycles. The van der Waals surface area contributed by atoms with Crippen LogP contribution >= 0.6 is 0 Å². The van der Waals surface area contributed by atoms with Crippen LogP contribution in [0.2, 0.25) is 0 Å². The molecule has 0 bridgehead atoms. The van der Waals surface area contributed by atoms with Crippen molar-refractivity contribution in [2.75, 3.05) is 13.1 Å². The maximum atomic E-state index is 3.39. The van der Waals surface area contributed by atoms with Crippen molar-refractivity contribution >= 4 is 0 Å². The first-order chi connectivity index (χ1) is 9.02. The van der Waals surface area contributed by atoms with Crippen LogP contribution in [0, 0.1) is 5.92 Å². The van der Waals surface area contributed by atoms with Gasteiger partial charge in [-0.2, -0.15) is 0 Å². The summed E-state index contributed by atoms with van der Waals surface area (Å²) >= 11 is 0. The van der Waals surface area contributed by atoms with Gasteiger partial charge in [-0.15, -0.1) is 0 Å². The highest BCUT2D eigenvalue weighted by atomic mass is 15.1. The summed E-state index contributed by atoms with van der Waals surface area (Å²) < 4.78 is 0. The Morgan fingerprint density at radius 3 is 2.37 bits per heavy atom. The molecular formula is C17H30N2. The highest BCUT2D eigenvalue weighted by Crippen LogP contribution is 2.12. The summed E-state index contributed by atoms with van der Waals surface area (Å²) in [6.45, 7) is 15.5. The molecule has 2 heteroatoms. The molecule has 0 fully saturated rings. The van der Waals surface area contributed by atoms with E-state index in [1.807, 2.05) is 0 Å². The summed E-state index contributed by atoms with van der Waals surface area (Å²) in [5.41, 5.74) is 2.80. The van der Waals surface area contributed by atoms with E-state index >= 15 is 0 Å². The molecule has 0 spiro atoms. The van der Waals surface area contributed by atoms with E-state index in [1.54, 1.807) is 0 Å². The van der Waals surface area contributed by atoms with Gasteiger partial charge in [0.05, 0.1) is 0 Å². The van der Waals surface area contributed by atoms with Crippen LogP contribution < -0.4 is 5.32 Å². The number of hydrogen-bond acceptors (Lipinski definition) is 2. The zero-order valence-corrected chi connectivity index (χ0v) is 13.2. The second-order valence-electron chi connectivity index (χ2n) is 6.02. The van der Waals surface area contributed by atoms with Crippen molar-refractivity contribution in [3.8, 4) is 0 Å². The minimum Gasteiger partial charge on any atom is -0.313 e. The predicted molar refractivity (Wildman–Crippen MR) is 84.2 cm³/mol. The van der Waals surface area contributed by atoms with E-state index in [1.165, 1.54) is 11.1 Å². The molecule has 108 valence electrons. The van der Waals surface area contributed by atoms with Crippen molar-refractivity contribution in [3.63, 3.8) is 0 Å². The van der Waals surface area contributed by atoms with Crippen molar-refractivity contribution in [1.29, 1.82) is 0 Å². The third-order valence-electron chi connectivity index (χ3n) is 3.29. The van der Waals surface area contributed by atoms with Crippen LogP contribution in [-0.2, 0) is 13.1 Å². The number of rotatable bonds is 8. The largest absolute Gasteiger partial charge is 0.313 e. The molecule has 1 aromatic rings. The molecule has 0 unspecified atom stereocenters. The Bertz CT molecular complexity index is 358. The monoisotopic (exact) mass is 262 g/mol. The van der Waals surface area contributed by atoms with Crippen LogP contribution in [0.1, 0.15) is 45.7 Å². The Kier molecular flexibility index (Phi) is 7.11. The fourth-order valence-electron chi connectivity index (χ4n) is 2.27. The molecule has 0 saturated heterocycles. The molecule has 19 heavy (non-hydrogen) atoms. The first kappa shape index (κ1) is 16.2. The normalized spacial score (nSPS) is 11.8. The lowest BCUT2D eigenvalue weighted by molar-refractivity contribution is 0.189. The summed E-state index contributed by atoms with van der Waals surface area (Å²) in [5.74, 6) is 0.715. The Balaban J connectivity index is 2.67. The second-order valence-corrected chi connectivity index (χ2v) is 6.02. The topological polar surface area (TPSA) is 15.3 Å². The van der Waals surface area contributed by atoms with Crippen molar-refractivity contribution in [1.82, 2.24) is 10.2 Å². The number of nitrogens with zero attached hydrogens (tertiary/aromatic N) is 1. The average molecular weight is 262 g/mol. The van der Waals surface area contributed by atoms with Crippen LogP contribution in [0.25, 0.3) is 0 Å². The van der Waals surface area contributed by atoms with Crippen LogP contribution in [0.5, 0.6) is 0 Å². The van der Waals surface area contributed by atoms with Crippen LogP contribution in [0.4, 0.5) is 0 Å². The predicted octanol–water partition coefficient (Wildman–Crippen LogP) is 3.66. The lowest BCUT2D eigenvalue weighted by Crippen LogP contribution is -2.33. The number of nitrogens with one attached hydrogen (secondary N) is 1. The minimum atomic E-state index is 0.597. The third kappa shape index (κ3) is 6.22. The van der Waals surface area contributed by atoms with E-state index < -0.39 is 0 Å². The summed E-state index contributed by atoms with van der Waals surface area (Å²) in [6.07, 6.45) is 0. The van der Waals surface area contributed by atoms with Gasteiger partial charge in [-0.05, 0) is 37.4 Å². The van der Waals surface area contributed by atoms with E-state index in [2.05, 4.69) is 69.1 Å². The third-order valence-corrected chi connectivity index (χ3v) is 3.29. The van der Waals surface area contributed by atoms with Crippen LogP contribution in [-0.4, -0.2) is 24.0 Å². The maximum absolute atomic E-state index is 3.39. The lowest BCUT2D eigenvalue weighted by atomic mass is 10.1. The molecule has 0 atom stereocenters. The SMILES string of the molecule is CCNCc1cccc(CN(CC(C)C)C(C)C)c1. The quantitative estimate of drug-likeness (QED) is 0.769. The van der Waals surface area contributed by atoms with Gasteiger partial charge in [0.2, 0.25) is 0 Å². The molecule has 0 aromatic heterocycles. The summed E-state index contributed by atoms with van der Waals surface area (Å²) in [5, 5.41) is 3.39. The van der Waals surface area contributed by atoms with Crippen LogP contribution in [0.15, 0.2) is 24.3 Å². The van der Waals surface area contributed by atoms with Crippen molar-refractivity contribution < 1.29 is 0 Å². The zero-order chi connectivity index (χ0) is 14.3. The molecule has 0 radical (unpaired) electrons. The second kappa shape index (κ2) is 8.34. The van der Waals surface area contributed by atoms with E-state index in [0.29, 0.717) is 12.0 Å². The molecule has 0 amide bonds. The molecule has 0 heterocycles. The molecule has 0 aliphatic rings. The molecular weight excluding hydrogens is 232 g/mol. The molecule has 0 saturated carbocycles. The van der Waals surface area contributed by atoms with Gasteiger partial charge >= 0.3 is 0 Å². The van der Waals surface area contributed by atoms with Gasteiger partial charge in [0, 0.05) is 25.7 Å². The van der Waals surface area contributed by atoms with E-state index in [-0.39, 0.29) is 0 Å². The van der Waals surface area contributed by atoms with Gasteiger partial charge in [0.1, 0.15) is 0 Å². The van der Waals surface area contributed by atoms with Gasteiger partial charge in [-0.25, -0.2) is 0 Å². The Hall–Kier alpha value is -0.860. The Labute approximate surface area is 119 Å². The van der Waals surface area contributed by atoms with Crippen molar-refractivity contribution in [3.05, 3.63) is 35.4 Å². The van der Waals surface area contributed by atoms with E-state index in [4.69, 9.17) is 0 Å². The fourth-order valence-corrected chi connectivity index (χ4v) is 2.27. The number of hydrogen-bond donors (Lipinski definition) is 1. The first-order valence-electron chi connectivity index (χ1n) is 7.55. The lowest BCUT2D eigenvalue weighted by Gasteiger charge is -2.28. The Morgan fingerprint density at radius 1 is 1.11 bits per heavy atom. The average Bonchev–Trinajstić information content (AvgIpc) is 2.35. The van der Waals surface area contributed by atoms with Gasteiger partial charge in [0.15, 0.2) is 0 Å². The van der Waals surface area contributed by atoms with E-state index in [9.17, 15) is 0 Å². The van der Waals surface area contributed by atoms with Crippen LogP contribution in [0.3, 0.4) is 0 Å². The zero-order valence-electron chi connectivity index (χ0n) is 13.2. The molecule has 0 aliphatic carbocycles. The highest BCUT2D eigenvalue weighted by Gasteiger charge is 2.11. The van der Waals surface area contributed by atoms with Crippen molar-refractivity contribution in [2.45, 2.75) is 53.8 Å². The summed E-state index contributed by atoms with van der Waals surface area (Å²) in [4.78, 5) is 2.55. The Morgan fingerprint density at radius 2 is 1.79 bits per heavy atom. The van der Waals surface area contributed by atoms with Gasteiger partial charge in [0.25, 0.3) is 0 Å². The highest BCUT2D eigenvalue weighted by molar-refractivity contribution is 5.23. The van der Waals surface area contributed by atoms with Gasteiger partial charge in [-0.3, -0.25) is 4.90 Å².